The van der Waals surface area contributed by atoms with E-state index in [1.165, 1.54) is 0 Å². The van der Waals surface area contributed by atoms with Crippen LogP contribution in [0.2, 0.25) is 5.02 Å². The van der Waals surface area contributed by atoms with E-state index in [-0.39, 0.29) is 0 Å². The van der Waals surface area contributed by atoms with Crippen LogP contribution in [0.5, 0.6) is 0 Å². The molecule has 0 saturated heterocycles. The highest BCUT2D eigenvalue weighted by atomic mass is 35.5. The van der Waals surface area contributed by atoms with Gasteiger partial charge in [-0.25, -0.2) is 4.98 Å². The Morgan fingerprint density at radius 2 is 2.12 bits per heavy atom. The Bertz CT molecular complexity index is 680. The molecule has 1 aromatic carbocycles. The van der Waals surface area contributed by atoms with Crippen LogP contribution in [0.25, 0.3) is 0 Å². The van der Waals surface area contributed by atoms with Crippen LogP contribution in [0, 0.1) is 6.92 Å². The number of halogens is 1. The number of imidazole rings is 1. The van der Waals surface area contributed by atoms with Gasteiger partial charge < -0.3 is 14.8 Å². The third-order valence-electron chi connectivity index (χ3n) is 4.05. The Morgan fingerprint density at radius 3 is 2.80 bits per heavy atom. The van der Waals surface area contributed by atoms with Gasteiger partial charge >= 0.3 is 0 Å². The maximum atomic E-state index is 6.26. The fourth-order valence-corrected chi connectivity index (χ4v) is 2.84. The van der Waals surface area contributed by atoms with Crippen molar-refractivity contribution in [3.05, 3.63) is 53.1 Å². The van der Waals surface area contributed by atoms with E-state index in [1.807, 2.05) is 44.6 Å². The first-order valence-electron chi connectivity index (χ1n) is 8.82. The molecule has 1 N–H and O–H groups in total. The Kier molecular flexibility index (Phi) is 7.79. The summed E-state index contributed by atoms with van der Waals surface area (Å²) >= 11 is 6.26. The molecule has 25 heavy (non-hydrogen) atoms. The van der Waals surface area contributed by atoms with Crippen molar-refractivity contribution in [2.75, 3.05) is 20.1 Å². The van der Waals surface area contributed by atoms with E-state index in [0.29, 0.717) is 0 Å². The van der Waals surface area contributed by atoms with Crippen molar-refractivity contribution in [3.63, 3.8) is 0 Å². The third-order valence-corrected chi connectivity index (χ3v) is 4.42. The number of aryl methyl sites for hydroxylation is 2. The van der Waals surface area contributed by atoms with Gasteiger partial charge in [0.1, 0.15) is 5.82 Å². The van der Waals surface area contributed by atoms with Gasteiger partial charge in [-0.2, -0.15) is 0 Å². The first-order chi connectivity index (χ1) is 12.1. The maximum Gasteiger partial charge on any atom is 0.193 e. The van der Waals surface area contributed by atoms with E-state index in [9.17, 15) is 0 Å². The van der Waals surface area contributed by atoms with Crippen molar-refractivity contribution < 1.29 is 0 Å². The number of aromatic nitrogens is 2. The van der Waals surface area contributed by atoms with Crippen LogP contribution < -0.4 is 5.32 Å². The molecule has 6 heteroatoms. The standard InChI is InChI=1S/C19H28ClN5/c1-4-21-19(24(3)15-17-9-5-6-10-18(17)20)23-11-7-8-13-25-14-12-22-16(25)2/h5-6,9-10,12,14H,4,7-8,11,13,15H2,1-3H3,(H,21,23). The third kappa shape index (κ3) is 6.09. The first-order valence-corrected chi connectivity index (χ1v) is 9.20. The zero-order chi connectivity index (χ0) is 18.1. The van der Waals surface area contributed by atoms with Crippen LogP contribution in [0.3, 0.4) is 0 Å². The van der Waals surface area contributed by atoms with Crippen LogP contribution in [-0.4, -0.2) is 40.5 Å². The molecule has 1 aromatic heterocycles. The molecule has 0 unspecified atom stereocenters. The number of guanidine groups is 1. The van der Waals surface area contributed by atoms with Gasteiger partial charge in [-0.05, 0) is 38.3 Å². The highest BCUT2D eigenvalue weighted by molar-refractivity contribution is 6.31. The molecule has 136 valence electrons. The minimum atomic E-state index is 0.736. The molecule has 0 aliphatic carbocycles. The lowest BCUT2D eigenvalue weighted by molar-refractivity contribution is 0.475. The highest BCUT2D eigenvalue weighted by Gasteiger charge is 2.08. The molecule has 2 rings (SSSR count). The van der Waals surface area contributed by atoms with Crippen molar-refractivity contribution >= 4 is 17.6 Å². The van der Waals surface area contributed by atoms with Crippen molar-refractivity contribution in [1.82, 2.24) is 19.8 Å². The van der Waals surface area contributed by atoms with Gasteiger partial charge in [-0.1, -0.05) is 29.8 Å². The quantitative estimate of drug-likeness (QED) is 0.442. The van der Waals surface area contributed by atoms with E-state index in [4.69, 9.17) is 16.6 Å². The molecule has 0 fully saturated rings. The smallest absolute Gasteiger partial charge is 0.193 e. The Hall–Kier alpha value is -2.01. The van der Waals surface area contributed by atoms with Crippen LogP contribution in [0.1, 0.15) is 31.2 Å². The topological polar surface area (TPSA) is 45.5 Å². The fourth-order valence-electron chi connectivity index (χ4n) is 2.65. The normalized spacial score (nSPS) is 11.6. The van der Waals surface area contributed by atoms with Crippen molar-refractivity contribution in [2.45, 2.75) is 39.8 Å². The lowest BCUT2D eigenvalue weighted by Gasteiger charge is -2.22. The Labute approximate surface area is 155 Å². The first kappa shape index (κ1) is 19.3. The SMILES string of the molecule is CCNC(=NCCCCn1ccnc1C)N(C)Cc1ccccc1Cl. The monoisotopic (exact) mass is 361 g/mol. The number of hydrogen-bond acceptors (Lipinski definition) is 2. The fraction of sp³-hybridized carbons (Fsp3) is 0.474. The zero-order valence-electron chi connectivity index (χ0n) is 15.4. The summed E-state index contributed by atoms with van der Waals surface area (Å²) in [4.78, 5) is 11.1. The minimum absolute atomic E-state index is 0.736. The summed E-state index contributed by atoms with van der Waals surface area (Å²) in [6, 6.07) is 7.94. The number of nitrogens with zero attached hydrogens (tertiary/aromatic N) is 4. The van der Waals surface area contributed by atoms with E-state index < -0.39 is 0 Å². The largest absolute Gasteiger partial charge is 0.357 e. The van der Waals surface area contributed by atoms with Gasteiger partial charge in [0, 0.05) is 50.6 Å². The summed E-state index contributed by atoms with van der Waals surface area (Å²) < 4.78 is 2.18. The number of rotatable bonds is 8. The number of benzene rings is 1. The number of aliphatic imine (C=N–C) groups is 1. The van der Waals surface area contributed by atoms with Gasteiger partial charge in [-0.15, -0.1) is 0 Å². The summed E-state index contributed by atoms with van der Waals surface area (Å²) in [5.74, 6) is 1.98. The predicted octanol–water partition coefficient (Wildman–Crippen LogP) is 3.72. The Balaban J connectivity index is 1.84. The zero-order valence-corrected chi connectivity index (χ0v) is 16.1. The molecule has 5 nitrogen and oxygen atoms in total. The van der Waals surface area contributed by atoms with Crippen LogP contribution in [0.15, 0.2) is 41.7 Å². The van der Waals surface area contributed by atoms with Gasteiger partial charge in [-0.3, -0.25) is 4.99 Å². The summed E-state index contributed by atoms with van der Waals surface area (Å²) in [5, 5.41) is 4.15. The van der Waals surface area contributed by atoms with E-state index in [0.717, 1.165) is 61.4 Å². The molecule has 0 saturated carbocycles. The van der Waals surface area contributed by atoms with Gasteiger partial charge in [0.2, 0.25) is 0 Å². The van der Waals surface area contributed by atoms with Crippen molar-refractivity contribution in [3.8, 4) is 0 Å². The van der Waals surface area contributed by atoms with Crippen LogP contribution in [-0.2, 0) is 13.1 Å². The number of unbranched alkanes of at least 4 members (excludes halogenated alkanes) is 1. The molecular weight excluding hydrogens is 334 g/mol. The molecule has 0 radical (unpaired) electrons. The summed E-state index contributed by atoms with van der Waals surface area (Å²) in [6.07, 6.45) is 6.02. The lowest BCUT2D eigenvalue weighted by atomic mass is 10.2. The molecule has 0 spiro atoms. The Morgan fingerprint density at radius 1 is 1.32 bits per heavy atom. The maximum absolute atomic E-state index is 6.26. The minimum Gasteiger partial charge on any atom is -0.357 e. The van der Waals surface area contributed by atoms with Gasteiger partial charge in [0.05, 0.1) is 0 Å². The van der Waals surface area contributed by atoms with Crippen molar-refractivity contribution in [1.29, 1.82) is 0 Å². The van der Waals surface area contributed by atoms with E-state index >= 15 is 0 Å². The number of nitrogens with one attached hydrogen (secondary N) is 1. The van der Waals surface area contributed by atoms with Gasteiger partial charge in [0.15, 0.2) is 5.96 Å². The van der Waals surface area contributed by atoms with E-state index in [2.05, 4.69) is 32.8 Å². The number of hydrogen-bond donors (Lipinski definition) is 1. The molecule has 2 aromatic rings. The molecule has 0 atom stereocenters. The summed E-state index contributed by atoms with van der Waals surface area (Å²) in [7, 11) is 2.04. The van der Waals surface area contributed by atoms with E-state index in [1.54, 1.807) is 0 Å². The van der Waals surface area contributed by atoms with Crippen molar-refractivity contribution in [2.24, 2.45) is 4.99 Å². The average molecular weight is 362 g/mol. The second-order valence-electron chi connectivity index (χ2n) is 6.06. The second kappa shape index (κ2) is 10.1. The molecule has 0 aliphatic heterocycles. The second-order valence-corrected chi connectivity index (χ2v) is 6.47. The van der Waals surface area contributed by atoms with Crippen LogP contribution >= 0.6 is 11.6 Å². The molecule has 0 aliphatic rings. The lowest BCUT2D eigenvalue weighted by Crippen LogP contribution is -2.38. The van der Waals surface area contributed by atoms with Crippen LogP contribution in [0.4, 0.5) is 0 Å². The predicted molar refractivity (Wildman–Crippen MR) is 105 cm³/mol. The molecule has 1 heterocycles. The summed E-state index contributed by atoms with van der Waals surface area (Å²) in [5.41, 5.74) is 1.10. The summed E-state index contributed by atoms with van der Waals surface area (Å²) in [6.45, 7) is 7.50. The molecule has 0 bridgehead atoms. The van der Waals surface area contributed by atoms with Gasteiger partial charge in [0.25, 0.3) is 0 Å². The molecular formula is C19H28ClN5. The molecule has 0 amide bonds. The average Bonchev–Trinajstić information content (AvgIpc) is 3.00. The highest BCUT2D eigenvalue weighted by Crippen LogP contribution is 2.16.